The highest BCUT2D eigenvalue weighted by molar-refractivity contribution is 6.20. The summed E-state index contributed by atoms with van der Waals surface area (Å²) in [5.41, 5.74) is 0.0494. The number of alkyl halides is 1. The van der Waals surface area contributed by atoms with Crippen LogP contribution in [0.3, 0.4) is 0 Å². The number of benzene rings is 2. The van der Waals surface area contributed by atoms with Crippen molar-refractivity contribution in [1.29, 1.82) is 0 Å². The molecule has 5 atom stereocenters. The number of ether oxygens (including phenoxy) is 1. The zero-order valence-corrected chi connectivity index (χ0v) is 32.9. The van der Waals surface area contributed by atoms with Crippen molar-refractivity contribution in [3.8, 4) is 0 Å². The Bertz CT molecular complexity index is 1460. The highest BCUT2D eigenvalue weighted by Gasteiger charge is 2.38. The summed E-state index contributed by atoms with van der Waals surface area (Å²) in [5, 5.41) is 16.5. The van der Waals surface area contributed by atoms with Crippen LogP contribution in [0.1, 0.15) is 77.8 Å². The topological polar surface area (TPSA) is 142 Å². The van der Waals surface area contributed by atoms with Crippen LogP contribution in [0.15, 0.2) is 60.7 Å². The molecular formula is C42H60ClN3O7. The number of hydrogen-bond acceptors (Lipinski definition) is 8. The number of carbonyl (C=O) groups excluding carboxylic acids is 5. The van der Waals surface area contributed by atoms with Gasteiger partial charge in [0.2, 0.25) is 11.8 Å². The summed E-state index contributed by atoms with van der Waals surface area (Å²) in [7, 11) is 0. The molecule has 0 bridgehead atoms. The molecule has 0 aromatic heterocycles. The van der Waals surface area contributed by atoms with Gasteiger partial charge >= 0.3 is 0 Å². The first-order valence-electron chi connectivity index (χ1n) is 19.0. The second-order valence-corrected chi connectivity index (χ2v) is 15.8. The summed E-state index contributed by atoms with van der Waals surface area (Å²) in [6, 6.07) is 17.2. The Labute approximate surface area is 320 Å². The van der Waals surface area contributed by atoms with Gasteiger partial charge in [0.15, 0.2) is 11.6 Å². The van der Waals surface area contributed by atoms with E-state index in [9.17, 15) is 29.1 Å². The third-order valence-electron chi connectivity index (χ3n) is 9.66. The Kier molecular flexibility index (Phi) is 18.3. The fourth-order valence-corrected chi connectivity index (χ4v) is 6.80. The molecule has 0 unspecified atom stereocenters. The van der Waals surface area contributed by atoms with E-state index in [-0.39, 0.29) is 67.4 Å². The summed E-state index contributed by atoms with van der Waals surface area (Å²) in [6.07, 6.45) is 1.76. The zero-order chi connectivity index (χ0) is 39.0. The number of aliphatic hydroxyl groups is 1. The SMILES string of the molecule is CC(C)C[C@H](NC(=O)[C@H](CCc1ccccc1)CC(=O)CN1CCOCC1)C(=O)C[C@@H](Cc1ccccc1)C(=O)N[C@@H](CC(C)C)C(=O)[C@](C)(O)CCl. The van der Waals surface area contributed by atoms with Crippen molar-refractivity contribution in [3.63, 3.8) is 0 Å². The molecule has 1 aliphatic heterocycles. The minimum absolute atomic E-state index is 0.0193. The molecule has 11 heteroatoms. The van der Waals surface area contributed by atoms with E-state index < -0.39 is 41.2 Å². The monoisotopic (exact) mass is 753 g/mol. The van der Waals surface area contributed by atoms with Gasteiger partial charge in [-0.15, -0.1) is 11.6 Å². The van der Waals surface area contributed by atoms with Crippen molar-refractivity contribution in [1.82, 2.24) is 15.5 Å². The standard InChI is InChI=1S/C42H60ClN3O7/c1-29(2)22-36(44-40(50)33(17-16-31-12-8-6-9-13-31)25-35(47)27-46-18-20-53-21-19-46)38(48)26-34(24-32-14-10-7-11-15-32)41(51)45-37(23-30(3)4)39(49)42(5,52)28-43/h6-15,29-30,33-34,36-37,52H,16-28H2,1-5H3,(H,44,50)(H,45,51)/t33-,34-,36+,37+,42-/m1/s1. The highest BCUT2D eigenvalue weighted by atomic mass is 35.5. The van der Waals surface area contributed by atoms with Gasteiger partial charge in [0.1, 0.15) is 11.4 Å². The molecule has 3 N–H and O–H groups in total. The van der Waals surface area contributed by atoms with Crippen molar-refractivity contribution in [2.24, 2.45) is 23.7 Å². The van der Waals surface area contributed by atoms with Crippen LogP contribution in [0.2, 0.25) is 0 Å². The Hall–Kier alpha value is -3.44. The summed E-state index contributed by atoms with van der Waals surface area (Å²) in [6.45, 7) is 11.8. The Morgan fingerprint density at radius 2 is 1.32 bits per heavy atom. The number of hydrogen-bond donors (Lipinski definition) is 3. The molecule has 0 radical (unpaired) electrons. The predicted octanol–water partition coefficient (Wildman–Crippen LogP) is 4.97. The zero-order valence-electron chi connectivity index (χ0n) is 32.2. The van der Waals surface area contributed by atoms with Crippen LogP contribution in [0.25, 0.3) is 0 Å². The summed E-state index contributed by atoms with van der Waals surface area (Å²) < 4.78 is 5.42. The largest absolute Gasteiger partial charge is 0.381 e. The molecule has 1 heterocycles. The van der Waals surface area contributed by atoms with E-state index in [2.05, 4.69) is 10.6 Å². The van der Waals surface area contributed by atoms with Crippen LogP contribution in [0.4, 0.5) is 0 Å². The third kappa shape index (κ3) is 15.4. The average molecular weight is 754 g/mol. The average Bonchev–Trinajstić information content (AvgIpc) is 3.12. The first-order valence-corrected chi connectivity index (χ1v) is 19.6. The lowest BCUT2D eigenvalue weighted by atomic mass is 9.87. The molecule has 1 fully saturated rings. The maximum absolute atomic E-state index is 14.2. The fraction of sp³-hybridized carbons (Fsp3) is 0.595. The molecule has 1 saturated heterocycles. The number of halogens is 1. The van der Waals surface area contributed by atoms with Gasteiger partial charge in [0, 0.05) is 37.8 Å². The summed E-state index contributed by atoms with van der Waals surface area (Å²) in [4.78, 5) is 70.9. The number of aryl methyl sites for hydroxylation is 1. The van der Waals surface area contributed by atoms with Crippen LogP contribution < -0.4 is 10.6 Å². The predicted molar refractivity (Wildman–Crippen MR) is 208 cm³/mol. The molecular weight excluding hydrogens is 694 g/mol. The van der Waals surface area contributed by atoms with Gasteiger partial charge in [0.25, 0.3) is 0 Å². The fourth-order valence-electron chi connectivity index (χ4n) is 6.67. The van der Waals surface area contributed by atoms with Crippen molar-refractivity contribution in [3.05, 3.63) is 71.8 Å². The lowest BCUT2D eigenvalue weighted by molar-refractivity contribution is -0.140. The lowest BCUT2D eigenvalue weighted by Crippen LogP contribution is -2.53. The summed E-state index contributed by atoms with van der Waals surface area (Å²) in [5.74, 6) is -3.54. The van der Waals surface area contributed by atoms with Crippen molar-refractivity contribution in [2.45, 2.75) is 97.2 Å². The normalized spacial score (nSPS) is 17.0. The third-order valence-corrected chi connectivity index (χ3v) is 10.2. The number of amides is 2. The van der Waals surface area contributed by atoms with Crippen LogP contribution in [0.5, 0.6) is 0 Å². The van der Waals surface area contributed by atoms with E-state index in [4.69, 9.17) is 16.3 Å². The molecule has 0 saturated carbocycles. The maximum atomic E-state index is 14.2. The molecule has 292 valence electrons. The molecule has 3 rings (SSSR count). The van der Waals surface area contributed by atoms with E-state index in [1.165, 1.54) is 6.92 Å². The number of nitrogens with one attached hydrogen (secondary N) is 2. The molecule has 0 spiro atoms. The second-order valence-electron chi connectivity index (χ2n) is 15.6. The van der Waals surface area contributed by atoms with E-state index in [1.54, 1.807) is 0 Å². The van der Waals surface area contributed by atoms with Crippen molar-refractivity contribution >= 4 is 40.8 Å². The number of Topliss-reactive ketones (excluding diaryl/α,β-unsaturated/α-hetero) is 3. The minimum Gasteiger partial charge on any atom is -0.381 e. The molecule has 2 aromatic carbocycles. The molecule has 2 amide bonds. The molecule has 0 aliphatic carbocycles. The van der Waals surface area contributed by atoms with Gasteiger partial charge in [-0.05, 0) is 62.0 Å². The highest BCUT2D eigenvalue weighted by Crippen LogP contribution is 2.22. The molecule has 1 aliphatic rings. The molecule has 2 aromatic rings. The van der Waals surface area contributed by atoms with Gasteiger partial charge in [-0.1, -0.05) is 88.4 Å². The smallest absolute Gasteiger partial charge is 0.224 e. The Morgan fingerprint density at radius 1 is 0.792 bits per heavy atom. The molecule has 53 heavy (non-hydrogen) atoms. The maximum Gasteiger partial charge on any atom is 0.224 e. The van der Waals surface area contributed by atoms with Crippen LogP contribution in [-0.2, 0) is 41.6 Å². The lowest BCUT2D eigenvalue weighted by Gasteiger charge is -2.29. The number of morpholine rings is 1. The quantitative estimate of drug-likeness (QED) is 0.135. The van der Waals surface area contributed by atoms with E-state index >= 15 is 0 Å². The number of ketones is 3. The number of carbonyl (C=O) groups is 5. The van der Waals surface area contributed by atoms with Gasteiger partial charge in [-0.2, -0.15) is 0 Å². The van der Waals surface area contributed by atoms with Crippen LogP contribution in [-0.4, -0.2) is 95.6 Å². The van der Waals surface area contributed by atoms with E-state index in [1.807, 2.05) is 93.3 Å². The van der Waals surface area contributed by atoms with Crippen LogP contribution in [0, 0.1) is 23.7 Å². The minimum atomic E-state index is -1.84. The van der Waals surface area contributed by atoms with Gasteiger partial charge in [0.05, 0.1) is 37.7 Å². The van der Waals surface area contributed by atoms with E-state index in [0.29, 0.717) is 45.6 Å². The van der Waals surface area contributed by atoms with Crippen LogP contribution >= 0.6 is 11.6 Å². The second kappa shape index (κ2) is 22.1. The van der Waals surface area contributed by atoms with Gasteiger partial charge < -0.3 is 20.5 Å². The Balaban J connectivity index is 1.84. The first-order chi connectivity index (χ1) is 25.2. The van der Waals surface area contributed by atoms with Gasteiger partial charge in [-0.25, -0.2) is 0 Å². The molecule has 10 nitrogen and oxygen atoms in total. The first kappa shape index (κ1) is 44.0. The van der Waals surface area contributed by atoms with E-state index in [0.717, 1.165) is 11.1 Å². The Morgan fingerprint density at radius 3 is 1.89 bits per heavy atom. The number of nitrogens with zero attached hydrogens (tertiary/aromatic N) is 1. The number of rotatable bonds is 23. The summed E-state index contributed by atoms with van der Waals surface area (Å²) >= 11 is 5.92. The van der Waals surface area contributed by atoms with Gasteiger partial charge in [-0.3, -0.25) is 28.9 Å². The van der Waals surface area contributed by atoms with Crippen molar-refractivity contribution in [2.75, 3.05) is 38.7 Å². The van der Waals surface area contributed by atoms with Crippen molar-refractivity contribution < 1.29 is 33.8 Å².